The van der Waals surface area contributed by atoms with E-state index in [0.29, 0.717) is 5.41 Å². The number of aryl methyl sites for hydroxylation is 1. The molecule has 0 aromatic carbocycles. The maximum atomic E-state index is 4.44. The normalized spacial score (nSPS) is 23.8. The van der Waals surface area contributed by atoms with Crippen molar-refractivity contribution in [2.24, 2.45) is 17.3 Å². The lowest BCUT2D eigenvalue weighted by molar-refractivity contribution is 0.149. The molecule has 1 fully saturated rings. The monoisotopic (exact) mass is 274 g/mol. The molecule has 112 valence electrons. The van der Waals surface area contributed by atoms with Crippen molar-refractivity contribution in [1.82, 2.24) is 10.3 Å². The quantitative estimate of drug-likeness (QED) is 0.884. The van der Waals surface area contributed by atoms with Crippen molar-refractivity contribution in [2.75, 3.05) is 6.54 Å². The summed E-state index contributed by atoms with van der Waals surface area (Å²) in [6, 6.07) is 4.14. The number of hydrogen-bond acceptors (Lipinski definition) is 2. The summed E-state index contributed by atoms with van der Waals surface area (Å²) in [5.41, 5.74) is 2.97. The van der Waals surface area contributed by atoms with Gasteiger partial charge < -0.3 is 5.32 Å². The number of pyridine rings is 1. The van der Waals surface area contributed by atoms with Crippen molar-refractivity contribution < 1.29 is 0 Å². The number of hydrogen-bond donors (Lipinski definition) is 1. The van der Waals surface area contributed by atoms with Gasteiger partial charge >= 0.3 is 0 Å². The molecule has 0 aliphatic heterocycles. The highest BCUT2D eigenvalue weighted by atomic mass is 14.9. The molecule has 1 saturated carbocycles. The van der Waals surface area contributed by atoms with E-state index in [-0.39, 0.29) is 0 Å². The van der Waals surface area contributed by atoms with Gasteiger partial charge in [-0.05, 0) is 68.0 Å². The highest BCUT2D eigenvalue weighted by Gasteiger charge is 2.29. The fraction of sp³-hybridized carbons (Fsp3) is 0.722. The second-order valence-electron chi connectivity index (χ2n) is 7.48. The maximum absolute atomic E-state index is 4.44. The van der Waals surface area contributed by atoms with Crippen LogP contribution in [0.15, 0.2) is 18.3 Å². The highest BCUT2D eigenvalue weighted by molar-refractivity contribution is 5.17. The summed E-state index contributed by atoms with van der Waals surface area (Å²) in [5, 5.41) is 3.60. The molecule has 1 aromatic rings. The molecular formula is C18H30N2. The average Bonchev–Trinajstić information content (AvgIpc) is 2.40. The van der Waals surface area contributed by atoms with Gasteiger partial charge in [0, 0.05) is 12.7 Å². The van der Waals surface area contributed by atoms with Gasteiger partial charge in [-0.1, -0.05) is 26.8 Å². The molecule has 1 N–H and O–H groups in total. The Balaban J connectivity index is 1.71. The van der Waals surface area contributed by atoms with Crippen LogP contribution in [-0.2, 0) is 6.54 Å². The van der Waals surface area contributed by atoms with Crippen LogP contribution in [0.1, 0.15) is 57.7 Å². The predicted octanol–water partition coefficient (Wildman–Crippen LogP) is 4.33. The molecule has 0 atom stereocenters. The van der Waals surface area contributed by atoms with Crippen molar-refractivity contribution in [3.05, 3.63) is 29.6 Å². The number of aromatic nitrogens is 1. The summed E-state index contributed by atoms with van der Waals surface area (Å²) in [7, 11) is 0. The van der Waals surface area contributed by atoms with E-state index in [0.717, 1.165) is 24.9 Å². The first-order chi connectivity index (χ1) is 9.47. The predicted molar refractivity (Wildman–Crippen MR) is 85.6 cm³/mol. The number of nitrogens with one attached hydrogen (secondary N) is 1. The Kier molecular flexibility index (Phi) is 5.20. The molecule has 2 rings (SSSR count). The third kappa shape index (κ3) is 4.31. The molecule has 0 spiro atoms. The zero-order valence-corrected chi connectivity index (χ0v) is 13.6. The zero-order chi connectivity index (χ0) is 14.6. The summed E-state index contributed by atoms with van der Waals surface area (Å²) in [4.78, 5) is 4.44. The fourth-order valence-electron chi connectivity index (χ4n) is 3.33. The minimum Gasteiger partial charge on any atom is -0.311 e. The maximum Gasteiger partial charge on any atom is 0.0570 e. The lowest BCUT2D eigenvalue weighted by atomic mass is 9.70. The van der Waals surface area contributed by atoms with E-state index in [9.17, 15) is 0 Å². The fourth-order valence-corrected chi connectivity index (χ4v) is 3.33. The second kappa shape index (κ2) is 6.71. The van der Waals surface area contributed by atoms with E-state index >= 15 is 0 Å². The topological polar surface area (TPSA) is 24.9 Å². The molecule has 0 bridgehead atoms. The number of nitrogens with zero attached hydrogens (tertiary/aromatic N) is 1. The molecule has 0 radical (unpaired) electrons. The summed E-state index contributed by atoms with van der Waals surface area (Å²) in [5.74, 6) is 1.77. The summed E-state index contributed by atoms with van der Waals surface area (Å²) in [6.45, 7) is 11.4. The van der Waals surface area contributed by atoms with Crippen LogP contribution < -0.4 is 5.32 Å². The molecule has 2 heteroatoms. The van der Waals surface area contributed by atoms with Gasteiger partial charge in [0.05, 0.1) is 5.69 Å². The molecule has 0 saturated heterocycles. The van der Waals surface area contributed by atoms with Gasteiger partial charge in [-0.3, -0.25) is 4.98 Å². The summed E-state index contributed by atoms with van der Waals surface area (Å²) in [6.07, 6.45) is 7.46. The van der Waals surface area contributed by atoms with Crippen LogP contribution in [0, 0.1) is 24.2 Å². The smallest absolute Gasteiger partial charge is 0.0570 e. The van der Waals surface area contributed by atoms with Crippen molar-refractivity contribution in [3.63, 3.8) is 0 Å². The molecule has 1 heterocycles. The van der Waals surface area contributed by atoms with Gasteiger partial charge in [-0.25, -0.2) is 0 Å². The van der Waals surface area contributed by atoms with Crippen molar-refractivity contribution >= 4 is 0 Å². The van der Waals surface area contributed by atoms with E-state index in [1.807, 2.05) is 12.3 Å². The Morgan fingerprint density at radius 2 is 1.90 bits per heavy atom. The van der Waals surface area contributed by atoms with E-state index in [4.69, 9.17) is 0 Å². The Morgan fingerprint density at radius 1 is 1.20 bits per heavy atom. The van der Waals surface area contributed by atoms with Crippen molar-refractivity contribution in [1.29, 1.82) is 0 Å². The van der Waals surface area contributed by atoms with Crippen molar-refractivity contribution in [2.45, 2.75) is 59.9 Å². The van der Waals surface area contributed by atoms with E-state index in [1.54, 1.807) is 0 Å². The first-order valence-electron chi connectivity index (χ1n) is 8.08. The van der Waals surface area contributed by atoms with E-state index < -0.39 is 0 Å². The van der Waals surface area contributed by atoms with Gasteiger partial charge in [-0.15, -0.1) is 0 Å². The van der Waals surface area contributed by atoms with Crippen LogP contribution >= 0.6 is 0 Å². The van der Waals surface area contributed by atoms with Crippen LogP contribution in [0.25, 0.3) is 0 Å². The molecule has 1 aliphatic carbocycles. The van der Waals surface area contributed by atoms with E-state index in [1.165, 1.54) is 36.9 Å². The standard InChI is InChI=1S/C18H30N2/c1-14-6-5-11-20-17(14)13-19-12-15-7-9-16(10-8-15)18(2,3)4/h5-6,11,15-16,19H,7-10,12-13H2,1-4H3. The SMILES string of the molecule is Cc1cccnc1CNCC1CCC(C(C)(C)C)CC1. The molecule has 1 aromatic heterocycles. The second-order valence-corrected chi connectivity index (χ2v) is 7.48. The molecule has 0 amide bonds. The highest BCUT2D eigenvalue weighted by Crippen LogP contribution is 2.39. The first kappa shape index (κ1) is 15.5. The van der Waals surface area contributed by atoms with Crippen LogP contribution in [0.3, 0.4) is 0 Å². The molecule has 1 aliphatic rings. The zero-order valence-electron chi connectivity index (χ0n) is 13.6. The average molecular weight is 274 g/mol. The van der Waals surface area contributed by atoms with Gasteiger partial charge in [0.1, 0.15) is 0 Å². The molecule has 2 nitrogen and oxygen atoms in total. The number of rotatable bonds is 4. The van der Waals surface area contributed by atoms with Crippen LogP contribution in [0.5, 0.6) is 0 Å². The van der Waals surface area contributed by atoms with Crippen LogP contribution in [0.2, 0.25) is 0 Å². The minimum atomic E-state index is 0.490. The molecule has 20 heavy (non-hydrogen) atoms. The third-order valence-electron chi connectivity index (χ3n) is 4.91. The Hall–Kier alpha value is -0.890. The van der Waals surface area contributed by atoms with Crippen LogP contribution in [0.4, 0.5) is 0 Å². The first-order valence-corrected chi connectivity index (χ1v) is 8.08. The summed E-state index contributed by atoms with van der Waals surface area (Å²) < 4.78 is 0. The minimum absolute atomic E-state index is 0.490. The Bertz CT molecular complexity index is 412. The Morgan fingerprint density at radius 3 is 2.50 bits per heavy atom. The van der Waals surface area contributed by atoms with Crippen LogP contribution in [-0.4, -0.2) is 11.5 Å². The lowest BCUT2D eigenvalue weighted by Crippen LogP contribution is -2.30. The van der Waals surface area contributed by atoms with E-state index in [2.05, 4.69) is 44.1 Å². The van der Waals surface area contributed by atoms with Gasteiger partial charge in [0.15, 0.2) is 0 Å². The Labute approximate surface area is 124 Å². The molecule has 0 unspecified atom stereocenters. The summed E-state index contributed by atoms with van der Waals surface area (Å²) >= 11 is 0. The van der Waals surface area contributed by atoms with Gasteiger partial charge in [0.2, 0.25) is 0 Å². The van der Waals surface area contributed by atoms with Crippen molar-refractivity contribution in [3.8, 4) is 0 Å². The molecular weight excluding hydrogens is 244 g/mol. The third-order valence-corrected chi connectivity index (χ3v) is 4.91. The lowest BCUT2D eigenvalue weighted by Gasteiger charge is -2.37. The largest absolute Gasteiger partial charge is 0.311 e. The van der Waals surface area contributed by atoms with Gasteiger partial charge in [-0.2, -0.15) is 0 Å². The van der Waals surface area contributed by atoms with Gasteiger partial charge in [0.25, 0.3) is 0 Å².